The summed E-state index contributed by atoms with van der Waals surface area (Å²) in [7, 11) is -3.68. The molecule has 2 unspecified atom stereocenters. The second kappa shape index (κ2) is 7.82. The lowest BCUT2D eigenvalue weighted by Gasteiger charge is -2.27. The largest absolute Gasteiger partial charge is 0.302 e. The van der Waals surface area contributed by atoms with E-state index in [0.717, 1.165) is 38.2 Å². The van der Waals surface area contributed by atoms with Crippen LogP contribution in [0.4, 0.5) is 0 Å². The lowest BCUT2D eigenvalue weighted by atomic mass is 10.2. The van der Waals surface area contributed by atoms with Gasteiger partial charge in [-0.05, 0) is 26.0 Å². The predicted octanol–water partition coefficient (Wildman–Crippen LogP) is 2.01. The first-order valence-corrected chi connectivity index (χ1v) is 9.65. The summed E-state index contributed by atoms with van der Waals surface area (Å²) in [5, 5.41) is 5.93. The van der Waals surface area contributed by atoms with Gasteiger partial charge in [-0.25, -0.2) is 13.6 Å². The van der Waals surface area contributed by atoms with Gasteiger partial charge in [0.05, 0.1) is 16.1 Å². The minimum absolute atomic E-state index is 0. The van der Waals surface area contributed by atoms with Crippen LogP contribution in [-0.2, 0) is 26.2 Å². The van der Waals surface area contributed by atoms with E-state index in [1.807, 2.05) is 6.07 Å². The second-order valence-corrected chi connectivity index (χ2v) is 9.23. The number of thiophene rings is 2. The summed E-state index contributed by atoms with van der Waals surface area (Å²) in [6.07, 6.45) is 1.60. The van der Waals surface area contributed by atoms with Crippen molar-refractivity contribution < 1.29 is 18.0 Å². The molecule has 0 saturated heterocycles. The van der Waals surface area contributed by atoms with E-state index in [0.29, 0.717) is 6.54 Å². The number of nitrogens with two attached hydrogens (primary N) is 1. The first kappa shape index (κ1) is 20.2. The van der Waals surface area contributed by atoms with Gasteiger partial charge in [0.25, 0.3) is 0 Å². The first-order valence-electron chi connectivity index (χ1n) is 6.47. The van der Waals surface area contributed by atoms with Crippen LogP contribution in [0.25, 0.3) is 9.40 Å². The number of hydrogen-bond donors (Lipinski definition) is 1. The van der Waals surface area contributed by atoms with Crippen LogP contribution in [0.1, 0.15) is 18.7 Å². The van der Waals surface area contributed by atoms with E-state index in [2.05, 4.69) is 0 Å². The van der Waals surface area contributed by atoms with Crippen molar-refractivity contribution in [3.63, 3.8) is 0 Å². The Morgan fingerprint density at radius 2 is 1.74 bits per heavy atom. The summed E-state index contributed by atoms with van der Waals surface area (Å²) in [4.78, 5) is 24.8. The predicted molar refractivity (Wildman–Crippen MR) is 94.9 cm³/mol. The van der Waals surface area contributed by atoms with E-state index in [9.17, 15) is 18.0 Å². The molecular formula is C13H17ClN2O4S3. The number of hydrogen-bond acceptors (Lipinski definition) is 7. The maximum atomic E-state index is 11.3. The zero-order chi connectivity index (χ0) is 16.5. The molecule has 128 valence electrons. The van der Waals surface area contributed by atoms with Crippen molar-refractivity contribution in [1.29, 1.82) is 0 Å². The Bertz CT molecular complexity index is 754. The van der Waals surface area contributed by atoms with E-state index >= 15 is 0 Å². The monoisotopic (exact) mass is 396 g/mol. The molecule has 0 aromatic carbocycles. The Kier molecular flexibility index (Phi) is 6.87. The zero-order valence-corrected chi connectivity index (χ0v) is 15.7. The molecule has 0 spiro atoms. The number of carbonyl (C=O) groups is 2. The van der Waals surface area contributed by atoms with Crippen molar-refractivity contribution in [2.75, 3.05) is 0 Å². The Balaban J connectivity index is 0.00000264. The number of aldehydes is 2. The Morgan fingerprint density at radius 3 is 2.17 bits per heavy atom. The second-order valence-electron chi connectivity index (χ2n) is 4.99. The van der Waals surface area contributed by atoms with E-state index in [1.54, 1.807) is 24.8 Å². The van der Waals surface area contributed by atoms with Crippen LogP contribution in [0.15, 0.2) is 16.3 Å². The molecule has 2 rings (SSSR count). The Labute approximate surface area is 148 Å². The minimum Gasteiger partial charge on any atom is -0.302 e. The van der Waals surface area contributed by atoms with Gasteiger partial charge < -0.3 is 9.59 Å². The SMILES string of the molecule is CC(C=O)N(Cc1cc2cc(S(N)(=O)=O)sc2s1)C(C)C=O.Cl. The number of sulfonamides is 1. The fourth-order valence-corrected chi connectivity index (χ4v) is 5.48. The summed E-state index contributed by atoms with van der Waals surface area (Å²) in [5.41, 5.74) is 0. The highest BCUT2D eigenvalue weighted by Gasteiger charge is 2.21. The van der Waals surface area contributed by atoms with E-state index in [4.69, 9.17) is 5.14 Å². The first-order chi connectivity index (χ1) is 10.3. The van der Waals surface area contributed by atoms with Crippen molar-refractivity contribution in [1.82, 2.24) is 4.90 Å². The van der Waals surface area contributed by atoms with Crippen LogP contribution in [0.5, 0.6) is 0 Å². The Hall–Kier alpha value is -0.840. The molecule has 0 radical (unpaired) electrons. The summed E-state index contributed by atoms with van der Waals surface area (Å²) >= 11 is 2.57. The molecule has 0 bridgehead atoms. The van der Waals surface area contributed by atoms with Gasteiger partial charge in [-0.2, -0.15) is 0 Å². The standard InChI is InChI=1S/C13H16N2O4S3.ClH/c1-8(6-16)15(9(2)7-17)5-11-3-10-4-12(22(14,18)19)21-13(10)20-11;/h3-4,6-9H,5H2,1-2H3,(H2,14,18,19);1H. The number of nitrogens with zero attached hydrogens (tertiary/aromatic N) is 1. The smallest absolute Gasteiger partial charge is 0.247 e. The van der Waals surface area contributed by atoms with Crippen LogP contribution < -0.4 is 5.14 Å². The van der Waals surface area contributed by atoms with Crippen LogP contribution >= 0.6 is 35.1 Å². The number of primary sulfonamides is 1. The molecule has 0 amide bonds. The number of rotatable bonds is 7. The van der Waals surface area contributed by atoms with Gasteiger partial charge >= 0.3 is 0 Å². The lowest BCUT2D eigenvalue weighted by Crippen LogP contribution is -2.41. The summed E-state index contributed by atoms with van der Waals surface area (Å²) in [6.45, 7) is 3.93. The molecule has 0 aliphatic carbocycles. The maximum absolute atomic E-state index is 11.3. The van der Waals surface area contributed by atoms with E-state index in [-0.39, 0.29) is 28.7 Å². The minimum atomic E-state index is -3.68. The van der Waals surface area contributed by atoms with Crippen molar-refractivity contribution in [3.8, 4) is 0 Å². The third-order valence-corrected chi connectivity index (χ3v) is 7.10. The van der Waals surface area contributed by atoms with Gasteiger partial charge in [-0.3, -0.25) is 4.90 Å². The van der Waals surface area contributed by atoms with Crippen molar-refractivity contribution in [2.45, 2.75) is 36.7 Å². The van der Waals surface area contributed by atoms with E-state index < -0.39 is 10.0 Å². The van der Waals surface area contributed by atoms with Gasteiger partial charge in [0.1, 0.15) is 16.8 Å². The van der Waals surface area contributed by atoms with Crippen molar-refractivity contribution in [3.05, 3.63) is 17.0 Å². The molecule has 0 saturated carbocycles. The molecule has 6 nitrogen and oxygen atoms in total. The molecular weight excluding hydrogens is 380 g/mol. The molecule has 0 aliphatic rings. The highest BCUT2D eigenvalue weighted by atomic mass is 35.5. The molecule has 2 atom stereocenters. The molecule has 0 fully saturated rings. The highest BCUT2D eigenvalue weighted by molar-refractivity contribution is 7.91. The van der Waals surface area contributed by atoms with Crippen LogP contribution in [0.2, 0.25) is 0 Å². The molecule has 2 N–H and O–H groups in total. The average molecular weight is 397 g/mol. The summed E-state index contributed by atoms with van der Waals surface area (Å²) in [5.74, 6) is 0. The zero-order valence-electron chi connectivity index (χ0n) is 12.5. The van der Waals surface area contributed by atoms with E-state index in [1.165, 1.54) is 11.3 Å². The third-order valence-electron chi connectivity index (χ3n) is 3.30. The lowest BCUT2D eigenvalue weighted by molar-refractivity contribution is -0.117. The Morgan fingerprint density at radius 1 is 1.17 bits per heavy atom. The van der Waals surface area contributed by atoms with Crippen LogP contribution in [0.3, 0.4) is 0 Å². The molecule has 23 heavy (non-hydrogen) atoms. The number of carbonyl (C=O) groups excluding carboxylic acids is 2. The summed E-state index contributed by atoms with van der Waals surface area (Å²) < 4.78 is 23.6. The van der Waals surface area contributed by atoms with Crippen LogP contribution in [0, 0.1) is 0 Å². The fraction of sp³-hybridized carbons (Fsp3) is 0.385. The van der Waals surface area contributed by atoms with Crippen molar-refractivity contribution >= 4 is 67.1 Å². The summed E-state index contributed by atoms with van der Waals surface area (Å²) in [6, 6.07) is 2.67. The third kappa shape index (κ3) is 4.59. The van der Waals surface area contributed by atoms with Crippen LogP contribution in [-0.4, -0.2) is 38.0 Å². The van der Waals surface area contributed by atoms with Gasteiger partial charge in [0.15, 0.2) is 0 Å². The van der Waals surface area contributed by atoms with Crippen molar-refractivity contribution in [2.24, 2.45) is 5.14 Å². The topological polar surface area (TPSA) is 97.5 Å². The molecule has 2 heterocycles. The number of fused-ring (bicyclic) bond motifs is 1. The molecule has 2 aromatic heterocycles. The highest BCUT2D eigenvalue weighted by Crippen LogP contribution is 2.35. The normalized spacial score (nSPS) is 14.4. The van der Waals surface area contributed by atoms with Gasteiger partial charge in [0, 0.05) is 16.8 Å². The average Bonchev–Trinajstić information content (AvgIpc) is 3.00. The molecule has 0 aliphatic heterocycles. The van der Waals surface area contributed by atoms with Gasteiger partial charge in [-0.15, -0.1) is 35.1 Å². The van der Waals surface area contributed by atoms with Gasteiger partial charge in [-0.1, -0.05) is 0 Å². The molecule has 2 aromatic rings. The molecule has 10 heteroatoms. The fourth-order valence-electron chi connectivity index (χ4n) is 2.08. The maximum Gasteiger partial charge on any atom is 0.247 e. The quantitative estimate of drug-likeness (QED) is 0.722. The van der Waals surface area contributed by atoms with Gasteiger partial charge in [0.2, 0.25) is 10.0 Å². The number of halogens is 1.